The molecule has 2 aliphatic heterocycles. The normalized spacial score (nSPS) is 18.6. The first-order chi connectivity index (χ1) is 21.2. The molecule has 5 aromatic rings. The number of carbonyl (C=O) groups excluding carboxylic acids is 1. The molecule has 2 fully saturated rings. The second-order valence-electron chi connectivity index (χ2n) is 12.7. The fourth-order valence-corrected chi connectivity index (χ4v) is 6.44. The Hall–Kier alpha value is -4.76. The fraction of sp³-hybridized carbons (Fsp3) is 0.314. The number of pyridine rings is 2. The highest BCUT2D eigenvalue weighted by molar-refractivity contribution is 5.84. The standard InChI is InChI=1S/C35H37N7O2/c1-35(2,3)44-34(43)40-21-26-15-16-27(22-40)41(26)20-23-11-13-25(14-12-23)42-32(28-10-7-19-37-31(28)36)39-30-18-17-29(38-33(30)42)24-8-5-4-6-9-24/h4-14,17-19,26-27H,15-16,20-22H2,1-3H3,(H2,36,37). The summed E-state index contributed by atoms with van der Waals surface area (Å²) in [4.78, 5) is 31.6. The number of benzene rings is 2. The van der Waals surface area contributed by atoms with Gasteiger partial charge < -0.3 is 15.4 Å². The number of piperazine rings is 1. The van der Waals surface area contributed by atoms with E-state index in [0.29, 0.717) is 36.8 Å². The molecule has 3 aromatic heterocycles. The third kappa shape index (κ3) is 5.39. The van der Waals surface area contributed by atoms with Crippen LogP contribution in [-0.2, 0) is 11.3 Å². The maximum Gasteiger partial charge on any atom is 0.410 e. The first-order valence-electron chi connectivity index (χ1n) is 15.2. The van der Waals surface area contributed by atoms with E-state index in [2.05, 4.69) is 50.8 Å². The van der Waals surface area contributed by atoms with Crippen molar-refractivity contribution in [3.05, 3.63) is 90.6 Å². The number of ether oxygens (including phenoxy) is 1. The quantitative estimate of drug-likeness (QED) is 0.257. The molecular formula is C35H37N7O2. The summed E-state index contributed by atoms with van der Waals surface area (Å²) in [5.41, 5.74) is 12.2. The Kier molecular flexibility index (Phi) is 7.05. The number of nitrogens with zero attached hydrogens (tertiary/aromatic N) is 6. The Labute approximate surface area is 257 Å². The van der Waals surface area contributed by atoms with Gasteiger partial charge >= 0.3 is 6.09 Å². The van der Waals surface area contributed by atoms with Gasteiger partial charge in [-0.05, 0) is 75.6 Å². The van der Waals surface area contributed by atoms with Crippen molar-refractivity contribution >= 4 is 23.1 Å². The number of imidazole rings is 1. The molecule has 2 aliphatic rings. The van der Waals surface area contributed by atoms with Gasteiger partial charge in [-0.15, -0.1) is 0 Å². The van der Waals surface area contributed by atoms with Gasteiger partial charge in [0.25, 0.3) is 0 Å². The van der Waals surface area contributed by atoms with Gasteiger partial charge in [-0.1, -0.05) is 42.5 Å². The van der Waals surface area contributed by atoms with Crippen molar-refractivity contribution in [3.8, 4) is 28.3 Å². The largest absolute Gasteiger partial charge is 0.444 e. The number of carbonyl (C=O) groups is 1. The predicted molar refractivity (Wildman–Crippen MR) is 172 cm³/mol. The maximum atomic E-state index is 12.8. The molecule has 9 nitrogen and oxygen atoms in total. The van der Waals surface area contributed by atoms with Gasteiger partial charge in [0, 0.05) is 49.2 Å². The van der Waals surface area contributed by atoms with Crippen LogP contribution in [0.5, 0.6) is 0 Å². The number of amides is 1. The summed E-state index contributed by atoms with van der Waals surface area (Å²) in [7, 11) is 0. The zero-order valence-electron chi connectivity index (χ0n) is 25.4. The SMILES string of the molecule is CC(C)(C)OC(=O)N1CC2CCC(C1)N2Cc1ccc(-n2c(-c3cccnc3N)nc3ccc(-c4ccccc4)nc32)cc1. The minimum atomic E-state index is -0.489. The van der Waals surface area contributed by atoms with E-state index < -0.39 is 5.60 Å². The van der Waals surface area contributed by atoms with Crippen LogP contribution in [-0.4, -0.2) is 66.2 Å². The van der Waals surface area contributed by atoms with E-state index in [4.69, 9.17) is 20.4 Å². The maximum absolute atomic E-state index is 12.8. The minimum absolute atomic E-state index is 0.208. The molecule has 2 saturated heterocycles. The molecule has 2 aromatic carbocycles. The molecule has 7 rings (SSSR count). The molecule has 0 radical (unpaired) electrons. The molecule has 2 N–H and O–H groups in total. The lowest BCUT2D eigenvalue weighted by Gasteiger charge is -2.41. The van der Waals surface area contributed by atoms with Crippen molar-refractivity contribution in [2.75, 3.05) is 18.8 Å². The van der Waals surface area contributed by atoms with Crippen LogP contribution in [0.15, 0.2) is 85.1 Å². The number of nitrogens with two attached hydrogens (primary N) is 1. The van der Waals surface area contributed by atoms with Crippen LogP contribution in [0, 0.1) is 0 Å². The third-order valence-electron chi connectivity index (χ3n) is 8.50. The molecule has 2 bridgehead atoms. The smallest absolute Gasteiger partial charge is 0.410 e. The Balaban J connectivity index is 1.19. The van der Waals surface area contributed by atoms with E-state index in [1.165, 1.54) is 5.56 Å². The second-order valence-corrected chi connectivity index (χ2v) is 12.7. The number of anilines is 1. The van der Waals surface area contributed by atoms with E-state index >= 15 is 0 Å². The van der Waals surface area contributed by atoms with E-state index in [9.17, 15) is 4.79 Å². The highest BCUT2D eigenvalue weighted by atomic mass is 16.6. The Bertz CT molecular complexity index is 1800. The van der Waals surface area contributed by atoms with E-state index in [1.807, 2.05) is 68.1 Å². The first kappa shape index (κ1) is 28.0. The molecular weight excluding hydrogens is 550 g/mol. The first-order valence-corrected chi connectivity index (χ1v) is 15.2. The van der Waals surface area contributed by atoms with Crippen molar-refractivity contribution in [2.45, 2.75) is 57.8 Å². The lowest BCUT2D eigenvalue weighted by atomic mass is 10.1. The minimum Gasteiger partial charge on any atom is -0.444 e. The topological polar surface area (TPSA) is 102 Å². The summed E-state index contributed by atoms with van der Waals surface area (Å²) < 4.78 is 7.73. The highest BCUT2D eigenvalue weighted by Gasteiger charge is 2.42. The average molecular weight is 588 g/mol. The van der Waals surface area contributed by atoms with Gasteiger partial charge in [0.05, 0.1) is 11.3 Å². The van der Waals surface area contributed by atoms with Crippen LogP contribution in [0.25, 0.3) is 39.5 Å². The van der Waals surface area contributed by atoms with Crippen LogP contribution < -0.4 is 5.73 Å². The highest BCUT2D eigenvalue weighted by Crippen LogP contribution is 2.34. The molecule has 0 saturated carbocycles. The number of nitrogen functional groups attached to an aromatic ring is 1. The number of fused-ring (bicyclic) bond motifs is 3. The zero-order chi connectivity index (χ0) is 30.4. The van der Waals surface area contributed by atoms with Crippen LogP contribution >= 0.6 is 0 Å². The van der Waals surface area contributed by atoms with Gasteiger partial charge in [0.1, 0.15) is 16.9 Å². The van der Waals surface area contributed by atoms with Crippen LogP contribution in [0.4, 0.5) is 10.6 Å². The summed E-state index contributed by atoms with van der Waals surface area (Å²) in [6, 6.07) is 27.3. The number of hydrogen-bond donors (Lipinski definition) is 1. The molecule has 224 valence electrons. The van der Waals surface area contributed by atoms with Crippen molar-refractivity contribution < 1.29 is 9.53 Å². The van der Waals surface area contributed by atoms with Crippen molar-refractivity contribution in [3.63, 3.8) is 0 Å². The van der Waals surface area contributed by atoms with Gasteiger partial charge in [-0.2, -0.15) is 0 Å². The number of likely N-dealkylation sites (tertiary alicyclic amines) is 1. The molecule has 2 unspecified atom stereocenters. The average Bonchev–Trinajstić information content (AvgIpc) is 3.48. The fourth-order valence-electron chi connectivity index (χ4n) is 6.44. The number of aromatic nitrogens is 4. The van der Waals surface area contributed by atoms with Crippen LogP contribution in [0.2, 0.25) is 0 Å². The van der Waals surface area contributed by atoms with Gasteiger partial charge in [-0.3, -0.25) is 9.47 Å². The van der Waals surface area contributed by atoms with Gasteiger partial charge in [-0.25, -0.2) is 19.7 Å². The Morgan fingerprint density at radius 1 is 0.909 bits per heavy atom. The number of rotatable bonds is 5. The Morgan fingerprint density at radius 3 is 2.32 bits per heavy atom. The van der Waals surface area contributed by atoms with Gasteiger partial charge in [0.2, 0.25) is 0 Å². The molecule has 9 heteroatoms. The van der Waals surface area contributed by atoms with Crippen LogP contribution in [0.3, 0.4) is 0 Å². The van der Waals surface area contributed by atoms with Crippen molar-refractivity contribution in [1.29, 1.82) is 0 Å². The molecule has 1 amide bonds. The predicted octanol–water partition coefficient (Wildman–Crippen LogP) is 6.32. The number of hydrogen-bond acceptors (Lipinski definition) is 7. The monoisotopic (exact) mass is 587 g/mol. The summed E-state index contributed by atoms with van der Waals surface area (Å²) in [6.45, 7) is 7.99. The van der Waals surface area contributed by atoms with Crippen LogP contribution in [0.1, 0.15) is 39.2 Å². The molecule has 44 heavy (non-hydrogen) atoms. The summed E-state index contributed by atoms with van der Waals surface area (Å²) in [5, 5.41) is 0. The van der Waals surface area contributed by atoms with E-state index in [1.54, 1.807) is 6.20 Å². The molecule has 0 aliphatic carbocycles. The zero-order valence-corrected chi connectivity index (χ0v) is 25.4. The lowest BCUT2D eigenvalue weighted by molar-refractivity contribution is -0.000119. The summed E-state index contributed by atoms with van der Waals surface area (Å²) in [6.07, 6.45) is 3.66. The Morgan fingerprint density at radius 2 is 1.64 bits per heavy atom. The van der Waals surface area contributed by atoms with E-state index in [-0.39, 0.29) is 6.09 Å². The second kappa shape index (κ2) is 11.1. The lowest BCUT2D eigenvalue weighted by Crippen LogP contribution is -2.55. The summed E-state index contributed by atoms with van der Waals surface area (Å²) in [5.74, 6) is 1.12. The molecule has 2 atom stereocenters. The van der Waals surface area contributed by atoms with Gasteiger partial charge in [0.15, 0.2) is 11.5 Å². The van der Waals surface area contributed by atoms with Crippen molar-refractivity contribution in [1.82, 2.24) is 29.3 Å². The molecule has 5 heterocycles. The van der Waals surface area contributed by atoms with E-state index in [0.717, 1.165) is 53.1 Å². The molecule has 0 spiro atoms. The summed E-state index contributed by atoms with van der Waals surface area (Å²) >= 11 is 0. The van der Waals surface area contributed by atoms with Crippen molar-refractivity contribution in [2.24, 2.45) is 0 Å². The third-order valence-corrected chi connectivity index (χ3v) is 8.50.